The lowest BCUT2D eigenvalue weighted by Crippen LogP contribution is -2.30. The lowest BCUT2D eigenvalue weighted by atomic mass is 10.0. The molecule has 1 atom stereocenters. The van der Waals surface area contributed by atoms with E-state index in [0.717, 1.165) is 148 Å². The van der Waals surface area contributed by atoms with Crippen LogP contribution in [-0.4, -0.2) is 37.2 Å². The molecule has 74 heavy (non-hydrogen) atoms. The van der Waals surface area contributed by atoms with Crippen LogP contribution in [0.5, 0.6) is 0 Å². The van der Waals surface area contributed by atoms with Gasteiger partial charge in [0.1, 0.15) is 13.2 Å². The van der Waals surface area contributed by atoms with E-state index in [1.165, 1.54) is 83.5 Å². The van der Waals surface area contributed by atoms with Crippen molar-refractivity contribution < 1.29 is 28.6 Å². The Hall–Kier alpha value is -4.19. The molecule has 0 saturated heterocycles. The average Bonchev–Trinajstić information content (AvgIpc) is 3.40. The second kappa shape index (κ2) is 61.4. The molecule has 0 saturated carbocycles. The molecule has 0 fully saturated rings. The highest BCUT2D eigenvalue weighted by Crippen LogP contribution is 2.15. The van der Waals surface area contributed by atoms with Crippen LogP contribution in [-0.2, 0) is 28.6 Å². The molecule has 0 radical (unpaired) electrons. The Morgan fingerprint density at radius 1 is 0.284 bits per heavy atom. The topological polar surface area (TPSA) is 78.9 Å². The fourth-order valence-electron chi connectivity index (χ4n) is 8.20. The highest BCUT2D eigenvalue weighted by molar-refractivity contribution is 5.71. The van der Waals surface area contributed by atoms with Gasteiger partial charge in [-0.15, -0.1) is 0 Å². The summed E-state index contributed by atoms with van der Waals surface area (Å²) >= 11 is 0. The summed E-state index contributed by atoms with van der Waals surface area (Å²) in [6.45, 7) is 6.39. The van der Waals surface area contributed by atoms with Gasteiger partial charge in [-0.3, -0.25) is 14.4 Å². The average molecular weight is 1030 g/mol. The van der Waals surface area contributed by atoms with Crippen molar-refractivity contribution in [3.05, 3.63) is 122 Å². The SMILES string of the molecule is CC/C=C\C/C=C\C/C=C\C/C=C\C/C=C\C/C=C\CCCCCCCCC(=O)OCC(COC(=O)CCCCCCCCCCCCCCCC)OC(=O)CCCCCC/C=C\C/C=C\C/C=C\C/C=C\CC. The molecule has 6 nitrogen and oxygen atoms in total. The molecule has 0 aromatic heterocycles. The van der Waals surface area contributed by atoms with E-state index in [1.54, 1.807) is 0 Å². The quantitative estimate of drug-likeness (QED) is 0.0261. The lowest BCUT2D eigenvalue weighted by Gasteiger charge is -2.18. The fraction of sp³-hybridized carbons (Fsp3) is 0.662. The first-order valence-electron chi connectivity index (χ1n) is 30.5. The lowest BCUT2D eigenvalue weighted by molar-refractivity contribution is -0.167. The summed E-state index contributed by atoms with van der Waals surface area (Å²) in [6.07, 6.45) is 84.7. The molecule has 0 amide bonds. The van der Waals surface area contributed by atoms with Crippen LogP contribution in [0, 0.1) is 0 Å². The van der Waals surface area contributed by atoms with Gasteiger partial charge in [-0.2, -0.15) is 0 Å². The summed E-state index contributed by atoms with van der Waals surface area (Å²) < 4.78 is 16.9. The zero-order valence-electron chi connectivity index (χ0n) is 48.1. The number of allylic oxidation sites excluding steroid dienone is 20. The zero-order chi connectivity index (χ0) is 53.6. The second-order valence-electron chi connectivity index (χ2n) is 19.9. The van der Waals surface area contributed by atoms with Gasteiger partial charge in [-0.25, -0.2) is 0 Å². The number of carbonyl (C=O) groups excluding carboxylic acids is 3. The van der Waals surface area contributed by atoms with Crippen molar-refractivity contribution in [1.82, 2.24) is 0 Å². The van der Waals surface area contributed by atoms with Gasteiger partial charge in [-0.1, -0.05) is 264 Å². The van der Waals surface area contributed by atoms with Gasteiger partial charge in [-0.05, 0) is 109 Å². The number of rotatable bonds is 54. The van der Waals surface area contributed by atoms with E-state index in [1.807, 2.05) is 0 Å². The summed E-state index contributed by atoms with van der Waals surface area (Å²) in [5.74, 6) is -0.929. The smallest absolute Gasteiger partial charge is 0.306 e. The Bertz CT molecular complexity index is 1550. The van der Waals surface area contributed by atoms with Gasteiger partial charge in [0.15, 0.2) is 6.10 Å². The molecule has 420 valence electrons. The van der Waals surface area contributed by atoms with E-state index in [0.29, 0.717) is 19.3 Å². The number of hydrogen-bond donors (Lipinski definition) is 0. The number of esters is 3. The third-order valence-corrected chi connectivity index (χ3v) is 12.7. The van der Waals surface area contributed by atoms with Crippen molar-refractivity contribution in [2.75, 3.05) is 13.2 Å². The number of carbonyl (C=O) groups is 3. The zero-order valence-corrected chi connectivity index (χ0v) is 48.1. The van der Waals surface area contributed by atoms with E-state index in [2.05, 4.69) is 142 Å². The molecule has 0 aliphatic rings. The van der Waals surface area contributed by atoms with Gasteiger partial charge in [0, 0.05) is 19.3 Å². The predicted molar refractivity (Wildman–Crippen MR) is 320 cm³/mol. The minimum absolute atomic E-state index is 0.0934. The minimum Gasteiger partial charge on any atom is -0.462 e. The summed E-state index contributed by atoms with van der Waals surface area (Å²) in [5.41, 5.74) is 0. The van der Waals surface area contributed by atoms with E-state index < -0.39 is 6.10 Å². The molecule has 0 rings (SSSR count). The second-order valence-corrected chi connectivity index (χ2v) is 19.9. The van der Waals surface area contributed by atoms with Crippen LogP contribution in [0.3, 0.4) is 0 Å². The van der Waals surface area contributed by atoms with E-state index in [9.17, 15) is 14.4 Å². The van der Waals surface area contributed by atoms with Crippen molar-refractivity contribution in [3.63, 3.8) is 0 Å². The summed E-state index contributed by atoms with van der Waals surface area (Å²) in [4.78, 5) is 38.3. The van der Waals surface area contributed by atoms with Gasteiger partial charge in [0.2, 0.25) is 0 Å². The molecular weight excluding hydrogens is 913 g/mol. The number of hydrogen-bond acceptors (Lipinski definition) is 6. The van der Waals surface area contributed by atoms with Crippen LogP contribution in [0.4, 0.5) is 0 Å². The van der Waals surface area contributed by atoms with Crippen molar-refractivity contribution >= 4 is 17.9 Å². The first-order valence-corrected chi connectivity index (χ1v) is 30.5. The molecule has 0 N–H and O–H groups in total. The summed E-state index contributed by atoms with van der Waals surface area (Å²) in [6, 6.07) is 0. The fourth-order valence-corrected chi connectivity index (χ4v) is 8.20. The number of ether oxygens (including phenoxy) is 3. The third kappa shape index (κ3) is 58.7. The molecule has 6 heteroatoms. The van der Waals surface area contributed by atoms with Crippen LogP contribution >= 0.6 is 0 Å². The van der Waals surface area contributed by atoms with E-state index in [4.69, 9.17) is 14.2 Å². The normalized spacial score (nSPS) is 13.0. The summed E-state index contributed by atoms with van der Waals surface area (Å²) in [5, 5.41) is 0. The largest absolute Gasteiger partial charge is 0.462 e. The number of unbranched alkanes of at least 4 members (excludes halogenated alkanes) is 23. The van der Waals surface area contributed by atoms with Crippen LogP contribution in [0.2, 0.25) is 0 Å². The molecule has 0 bridgehead atoms. The standard InChI is InChI=1S/C68H112O6/c1-4-7-10-13-16-19-22-25-28-30-31-32-33-34-35-36-37-39-40-43-46-49-52-55-58-61-67(70)73-64-65(63-72-66(69)60-57-54-51-48-45-42-27-24-21-18-15-12-9-6-3)74-68(71)62-59-56-53-50-47-44-41-38-29-26-23-20-17-14-11-8-5-2/h7-8,10-11,16-17,19-20,25-26,28-29,31-32,34-35,37,39,41,44,65H,4-6,9,12-15,18,21-24,27,30,33,36,38,40,42-43,45-64H2,1-3H3/b10-7-,11-8-,19-16-,20-17-,28-25-,29-26-,32-31-,35-34-,39-37-,44-41-. The van der Waals surface area contributed by atoms with Gasteiger partial charge >= 0.3 is 17.9 Å². The maximum atomic E-state index is 12.9. The van der Waals surface area contributed by atoms with Crippen molar-refractivity contribution in [2.24, 2.45) is 0 Å². The monoisotopic (exact) mass is 1020 g/mol. The van der Waals surface area contributed by atoms with Crippen LogP contribution in [0.15, 0.2) is 122 Å². The van der Waals surface area contributed by atoms with Crippen molar-refractivity contribution in [3.8, 4) is 0 Å². The molecule has 0 aliphatic heterocycles. The highest BCUT2D eigenvalue weighted by Gasteiger charge is 2.19. The van der Waals surface area contributed by atoms with Gasteiger partial charge < -0.3 is 14.2 Å². The third-order valence-electron chi connectivity index (χ3n) is 12.7. The van der Waals surface area contributed by atoms with E-state index >= 15 is 0 Å². The van der Waals surface area contributed by atoms with Crippen LogP contribution in [0.25, 0.3) is 0 Å². The first-order chi connectivity index (χ1) is 36.5. The first kappa shape index (κ1) is 69.8. The molecule has 0 spiro atoms. The highest BCUT2D eigenvalue weighted by atomic mass is 16.6. The Labute approximate surface area is 456 Å². The van der Waals surface area contributed by atoms with Gasteiger partial charge in [0.05, 0.1) is 0 Å². The maximum absolute atomic E-state index is 12.9. The van der Waals surface area contributed by atoms with Crippen LogP contribution < -0.4 is 0 Å². The summed E-state index contributed by atoms with van der Waals surface area (Å²) in [7, 11) is 0. The molecule has 0 aromatic rings. The van der Waals surface area contributed by atoms with Crippen molar-refractivity contribution in [1.29, 1.82) is 0 Å². The van der Waals surface area contributed by atoms with Crippen LogP contribution in [0.1, 0.15) is 271 Å². The Kier molecular flexibility index (Phi) is 57.9. The minimum atomic E-state index is -0.800. The Morgan fingerprint density at radius 3 is 0.824 bits per heavy atom. The molecule has 1 unspecified atom stereocenters. The Balaban J connectivity index is 4.42. The molecule has 0 aliphatic carbocycles. The van der Waals surface area contributed by atoms with Crippen molar-refractivity contribution in [2.45, 2.75) is 277 Å². The molecular formula is C68H112O6. The molecule has 0 aromatic carbocycles. The van der Waals surface area contributed by atoms with Gasteiger partial charge in [0.25, 0.3) is 0 Å². The molecule has 0 heterocycles. The maximum Gasteiger partial charge on any atom is 0.306 e. The van der Waals surface area contributed by atoms with E-state index in [-0.39, 0.29) is 31.1 Å². The Morgan fingerprint density at radius 2 is 0.527 bits per heavy atom. The predicted octanol–water partition coefficient (Wildman–Crippen LogP) is 20.8.